The molecule has 6 aromatic carbocycles. The first-order chi connectivity index (χ1) is 31.3. The minimum Gasteiger partial charge on any atom is -0.507 e. The van der Waals surface area contributed by atoms with Crippen molar-refractivity contribution in [3.8, 4) is 57.0 Å². The number of nitrogens with zero attached hydrogens (tertiary/aromatic N) is 6. The van der Waals surface area contributed by atoms with Crippen LogP contribution < -0.4 is 11.1 Å². The third-order valence-corrected chi connectivity index (χ3v) is 12.7. The van der Waals surface area contributed by atoms with Crippen molar-refractivity contribution in [2.45, 2.75) is 67.2 Å². The molecule has 8 rings (SSSR count). The fourth-order valence-corrected chi connectivity index (χ4v) is 9.29. The summed E-state index contributed by atoms with van der Waals surface area (Å²) in [6.45, 7) is 14.3. The van der Waals surface area contributed by atoms with Crippen molar-refractivity contribution in [1.82, 2.24) is 18.7 Å². The van der Waals surface area contributed by atoms with Gasteiger partial charge < -0.3 is 30.6 Å². The molecule has 0 atom stereocenters. The molecule has 0 saturated heterocycles. The molecule has 6 N–H and O–H groups in total. The lowest BCUT2D eigenvalue weighted by Gasteiger charge is -2.23. The number of fused-ring (bicyclic) bond motifs is 2. The number of hydrogen-bond acceptors (Lipinski definition) is 10. The van der Waals surface area contributed by atoms with E-state index in [1.54, 1.807) is 87.6 Å². The predicted molar refractivity (Wildman–Crippen MR) is 261 cm³/mol. The molecule has 0 unspecified atom stereocenters. The van der Waals surface area contributed by atoms with Gasteiger partial charge in [-0.05, 0) is 85.7 Å². The lowest BCUT2D eigenvalue weighted by molar-refractivity contribution is 0.398. The molecule has 0 aliphatic heterocycles. The Hall–Kier alpha value is -8.00. The summed E-state index contributed by atoms with van der Waals surface area (Å²) in [6.07, 6.45) is 2.49. The van der Waals surface area contributed by atoms with E-state index in [0.717, 1.165) is 0 Å². The van der Waals surface area contributed by atoms with E-state index in [1.807, 2.05) is 64.1 Å². The van der Waals surface area contributed by atoms with Crippen LogP contribution in [0.5, 0.6) is 34.5 Å². The van der Waals surface area contributed by atoms with Gasteiger partial charge in [0.15, 0.2) is 34.4 Å². The molecule has 2 heterocycles. The summed E-state index contributed by atoms with van der Waals surface area (Å²) < 4.78 is 6.25. The van der Waals surface area contributed by atoms with Crippen molar-refractivity contribution in [3.63, 3.8) is 0 Å². The number of aromatic nitrogens is 4. The van der Waals surface area contributed by atoms with E-state index >= 15 is 0 Å². The lowest BCUT2D eigenvalue weighted by atomic mass is 9.83. The van der Waals surface area contributed by atoms with Crippen molar-refractivity contribution in [2.75, 3.05) is 0 Å². The fourth-order valence-electron chi connectivity index (χ4n) is 9.29. The summed E-state index contributed by atoms with van der Waals surface area (Å²) in [7, 11) is 3.45. The number of phenols is 6. The maximum absolute atomic E-state index is 13.9. The molecule has 14 heteroatoms. The van der Waals surface area contributed by atoms with Crippen molar-refractivity contribution >= 4 is 45.3 Å². The number of para-hydroxylation sites is 2. The Bertz CT molecular complexity index is 3250. The maximum Gasteiger partial charge on any atom is 0.297 e. The molecule has 0 bridgehead atoms. The fraction of sp³-hybridized carbons (Fsp3) is 0.231. The van der Waals surface area contributed by atoms with E-state index in [4.69, 9.17) is 0 Å². The molecular weight excluding hydrogens is 837 g/mol. The first kappa shape index (κ1) is 44.6. The Labute approximate surface area is 380 Å². The predicted octanol–water partition coefficient (Wildman–Crippen LogP) is 9.85. The Morgan fingerprint density at radius 3 is 1.15 bits per heavy atom. The van der Waals surface area contributed by atoms with Gasteiger partial charge in [0.05, 0.1) is 33.9 Å². The summed E-state index contributed by atoms with van der Waals surface area (Å²) in [5.41, 5.74) is 3.42. The molecule has 338 valence electrons. The molecule has 0 radical (unpaired) electrons. The topological polar surface area (TPSA) is 200 Å². The summed E-state index contributed by atoms with van der Waals surface area (Å²) in [5.74, 6) is -3.36. The highest BCUT2D eigenvalue weighted by atomic mass is 16.3. The van der Waals surface area contributed by atoms with Gasteiger partial charge in [-0.25, -0.2) is 19.3 Å². The smallest absolute Gasteiger partial charge is 0.297 e. The molecule has 14 nitrogen and oxygen atoms in total. The van der Waals surface area contributed by atoms with E-state index in [0.29, 0.717) is 55.8 Å². The van der Waals surface area contributed by atoms with Gasteiger partial charge >= 0.3 is 0 Å². The Morgan fingerprint density at radius 2 is 0.833 bits per heavy atom. The van der Waals surface area contributed by atoms with Gasteiger partial charge in [-0.3, -0.25) is 19.0 Å². The molecule has 0 fully saturated rings. The van der Waals surface area contributed by atoms with Crippen LogP contribution in [0.2, 0.25) is 0 Å². The third-order valence-electron chi connectivity index (χ3n) is 12.7. The normalized spacial score (nSPS) is 12.1. The van der Waals surface area contributed by atoms with Gasteiger partial charge in [0.1, 0.15) is 11.5 Å². The van der Waals surface area contributed by atoms with E-state index in [2.05, 4.69) is 9.98 Å². The second-order valence-electron chi connectivity index (χ2n) is 17.4. The maximum atomic E-state index is 13.9. The van der Waals surface area contributed by atoms with Crippen molar-refractivity contribution < 1.29 is 30.6 Å². The zero-order valence-corrected chi connectivity index (χ0v) is 38.4. The van der Waals surface area contributed by atoms with Crippen LogP contribution in [0.3, 0.4) is 0 Å². The number of hydrogen-bond donors (Lipinski definition) is 6. The van der Waals surface area contributed by atoms with Gasteiger partial charge in [-0.2, -0.15) is 0 Å². The molecule has 0 aliphatic carbocycles. The van der Waals surface area contributed by atoms with Crippen LogP contribution in [-0.2, 0) is 14.1 Å². The largest absolute Gasteiger partial charge is 0.507 e. The van der Waals surface area contributed by atoms with Crippen LogP contribution >= 0.6 is 0 Å². The number of benzene rings is 6. The van der Waals surface area contributed by atoms with Gasteiger partial charge in [0, 0.05) is 59.6 Å². The number of phenolic OH excluding ortho intramolecular Hbond substituents is 6. The van der Waals surface area contributed by atoms with Gasteiger partial charge in [-0.15, -0.1) is 0 Å². The van der Waals surface area contributed by atoms with Crippen LogP contribution in [0, 0.1) is 27.7 Å². The molecular formula is C52H52N6O8. The quantitative estimate of drug-likeness (QED) is 0.0607. The van der Waals surface area contributed by atoms with E-state index in [1.165, 1.54) is 21.8 Å². The summed E-state index contributed by atoms with van der Waals surface area (Å²) in [5, 5.41) is 72.9. The number of rotatable bonds is 9. The van der Waals surface area contributed by atoms with Crippen molar-refractivity contribution in [2.24, 2.45) is 24.1 Å². The Kier molecular flexibility index (Phi) is 11.2. The van der Waals surface area contributed by atoms with E-state index in [9.17, 15) is 40.2 Å². The van der Waals surface area contributed by atoms with Crippen LogP contribution in [0.4, 0.5) is 11.4 Å². The first-order valence-corrected chi connectivity index (χ1v) is 21.5. The average Bonchev–Trinajstić information content (AvgIpc) is 3.62. The van der Waals surface area contributed by atoms with Crippen molar-refractivity contribution in [1.29, 1.82) is 0 Å². The van der Waals surface area contributed by atoms with E-state index in [-0.39, 0.29) is 67.7 Å². The van der Waals surface area contributed by atoms with Gasteiger partial charge in [0.25, 0.3) is 11.1 Å². The summed E-state index contributed by atoms with van der Waals surface area (Å²) in [4.78, 5) is 36.9. The lowest BCUT2D eigenvalue weighted by Crippen LogP contribution is -2.19. The molecule has 8 aromatic rings. The average molecular weight is 889 g/mol. The SMILES string of the molecule is Cc1cc2c(C(C)C)c(O)c(O)c(C=Nc3c(C)n(C)n(-c4ccccc4)c3=O)c2c(O)c1-c1c(C)cc2c(C(C)C)c(O)c(O)c(C=Nc3c(C)n(C)n(-c4ccccc4)c3=O)c2c1O. The number of aromatic hydroxyl groups is 6. The second kappa shape index (κ2) is 16.5. The molecule has 0 aliphatic rings. The number of aryl methyl sites for hydroxylation is 2. The van der Waals surface area contributed by atoms with E-state index < -0.39 is 34.1 Å². The highest BCUT2D eigenvalue weighted by Gasteiger charge is 2.30. The first-order valence-electron chi connectivity index (χ1n) is 21.5. The van der Waals surface area contributed by atoms with Gasteiger partial charge in [-0.1, -0.05) is 76.2 Å². The standard InChI is InChI=1S/C52H52N6O8/c1-25(2)37-33-21-27(5)39(47(61)41(33)35(45(59)49(37)63)23-53-43-29(7)55(9)57(51(43)65)31-17-13-11-14-18-31)40-28(6)22-34-38(26(3)4)50(64)46(60)36(42(34)48(40)62)24-54-44-30(8)56(10)58(52(44)66)32-19-15-12-16-20-32/h11-26,59-64H,1-10H3. The molecule has 0 saturated carbocycles. The van der Waals surface area contributed by atoms with Crippen LogP contribution in [0.15, 0.2) is 92.4 Å². The van der Waals surface area contributed by atoms with Crippen LogP contribution in [0.25, 0.3) is 44.0 Å². The molecule has 0 amide bonds. The second-order valence-corrected chi connectivity index (χ2v) is 17.4. The zero-order valence-electron chi connectivity index (χ0n) is 38.4. The summed E-state index contributed by atoms with van der Waals surface area (Å²) >= 11 is 0. The minimum atomic E-state index is -0.570. The van der Waals surface area contributed by atoms with Crippen molar-refractivity contribution in [3.05, 3.63) is 138 Å². The molecule has 2 aromatic heterocycles. The Balaban J connectivity index is 1.40. The molecule has 66 heavy (non-hydrogen) atoms. The summed E-state index contributed by atoms with van der Waals surface area (Å²) in [6, 6.07) is 21.6. The van der Waals surface area contributed by atoms with Crippen LogP contribution in [0.1, 0.15) is 84.3 Å². The third kappa shape index (κ3) is 6.79. The van der Waals surface area contributed by atoms with Gasteiger partial charge in [0.2, 0.25) is 0 Å². The highest BCUT2D eigenvalue weighted by molar-refractivity contribution is 6.15. The monoisotopic (exact) mass is 888 g/mol. The minimum absolute atomic E-state index is 0.0686. The zero-order chi connectivity index (χ0) is 47.8. The highest BCUT2D eigenvalue weighted by Crippen LogP contribution is 2.54. The molecule has 0 spiro atoms. The van der Waals surface area contributed by atoms with Crippen LogP contribution in [-0.4, -0.2) is 61.8 Å². The Morgan fingerprint density at radius 1 is 0.500 bits per heavy atom. The number of aliphatic imine (C=N–C) groups is 2.